The number of hydrogen-bond acceptors (Lipinski definition) is 4. The van der Waals surface area contributed by atoms with E-state index in [1.54, 1.807) is 11.8 Å². The molecule has 0 radical (unpaired) electrons. The van der Waals surface area contributed by atoms with Gasteiger partial charge in [-0.1, -0.05) is 0 Å². The highest BCUT2D eigenvalue weighted by atomic mass is 35.5. The smallest absolute Gasteiger partial charge is 0.263 e. The Hall–Kier alpha value is -0.910. The lowest BCUT2D eigenvalue weighted by Gasteiger charge is -2.35. The van der Waals surface area contributed by atoms with Crippen molar-refractivity contribution in [3.8, 4) is 5.75 Å². The molecule has 1 amide bonds. The summed E-state index contributed by atoms with van der Waals surface area (Å²) in [5.74, 6) is 0.805. The fraction of sp³-hybridized carbons (Fsp3) is 0.533. The molecule has 1 fully saturated rings. The van der Waals surface area contributed by atoms with Crippen molar-refractivity contribution in [3.05, 3.63) is 24.3 Å². The van der Waals surface area contributed by atoms with Gasteiger partial charge in [0.25, 0.3) is 5.91 Å². The van der Waals surface area contributed by atoms with Gasteiger partial charge in [0, 0.05) is 30.6 Å². The summed E-state index contributed by atoms with van der Waals surface area (Å²) in [6.07, 6.45) is 1.59. The summed E-state index contributed by atoms with van der Waals surface area (Å²) >= 11 is 1.69. The Morgan fingerprint density at radius 3 is 2.67 bits per heavy atom. The first-order valence-corrected chi connectivity index (χ1v) is 8.16. The van der Waals surface area contributed by atoms with Crippen LogP contribution in [-0.4, -0.2) is 48.8 Å². The Balaban J connectivity index is 0.00000220. The number of benzene rings is 1. The lowest BCUT2D eigenvalue weighted by Crippen LogP contribution is -2.55. The molecular weight excluding hydrogens is 308 g/mol. The number of nitrogens with one attached hydrogen (secondary N) is 1. The highest BCUT2D eigenvalue weighted by Gasteiger charge is 2.27. The number of hydrogen-bond donors (Lipinski definition) is 1. The zero-order valence-corrected chi connectivity index (χ0v) is 14.3. The normalized spacial score (nSPS) is 19.6. The van der Waals surface area contributed by atoms with Gasteiger partial charge < -0.3 is 15.0 Å². The lowest BCUT2D eigenvalue weighted by atomic mass is 10.2. The van der Waals surface area contributed by atoms with Crippen LogP contribution >= 0.6 is 24.2 Å². The van der Waals surface area contributed by atoms with E-state index in [-0.39, 0.29) is 24.4 Å². The van der Waals surface area contributed by atoms with Crippen LogP contribution in [0.2, 0.25) is 0 Å². The van der Waals surface area contributed by atoms with Crippen LogP contribution in [0.5, 0.6) is 5.75 Å². The number of nitrogens with zero attached hydrogens (tertiary/aromatic N) is 1. The van der Waals surface area contributed by atoms with Crippen LogP contribution in [0.4, 0.5) is 0 Å². The van der Waals surface area contributed by atoms with Gasteiger partial charge in [0.1, 0.15) is 5.75 Å². The average molecular weight is 331 g/mol. The standard InChI is InChI=1S/C15H22N2O2S.ClH/c1-11-10-16-8-9-17(11)15(18)12(2)19-13-4-6-14(20-3)7-5-13;/h4-7,11-12,16H,8-10H2,1-3H3;1H/t11-,12?;/m1./s1. The average Bonchev–Trinajstić information content (AvgIpc) is 2.48. The van der Waals surface area contributed by atoms with E-state index in [0.29, 0.717) is 0 Å². The number of rotatable bonds is 4. The van der Waals surface area contributed by atoms with Crippen molar-refractivity contribution in [3.63, 3.8) is 0 Å². The Labute approximate surface area is 137 Å². The van der Waals surface area contributed by atoms with Crippen molar-refractivity contribution in [1.29, 1.82) is 0 Å². The first-order valence-electron chi connectivity index (χ1n) is 6.93. The molecule has 1 N–H and O–H groups in total. The van der Waals surface area contributed by atoms with Crippen LogP contribution in [0.1, 0.15) is 13.8 Å². The van der Waals surface area contributed by atoms with Crippen molar-refractivity contribution in [1.82, 2.24) is 10.2 Å². The third-order valence-electron chi connectivity index (χ3n) is 3.50. The number of thioether (sulfide) groups is 1. The molecule has 4 nitrogen and oxygen atoms in total. The van der Waals surface area contributed by atoms with Crippen LogP contribution < -0.4 is 10.1 Å². The fourth-order valence-corrected chi connectivity index (χ4v) is 2.72. The molecule has 2 rings (SSSR count). The summed E-state index contributed by atoms with van der Waals surface area (Å²) in [5.41, 5.74) is 0. The number of piperazine rings is 1. The van der Waals surface area contributed by atoms with Gasteiger partial charge >= 0.3 is 0 Å². The summed E-state index contributed by atoms with van der Waals surface area (Å²) in [5, 5.41) is 3.28. The quantitative estimate of drug-likeness (QED) is 0.861. The van der Waals surface area contributed by atoms with Gasteiger partial charge in [-0.2, -0.15) is 0 Å². The van der Waals surface area contributed by atoms with Crippen LogP contribution in [-0.2, 0) is 4.79 Å². The second kappa shape index (κ2) is 8.51. The van der Waals surface area contributed by atoms with Gasteiger partial charge in [-0.3, -0.25) is 4.79 Å². The van der Waals surface area contributed by atoms with Crippen molar-refractivity contribution in [2.24, 2.45) is 0 Å². The SMILES string of the molecule is CSc1ccc(OC(C)C(=O)N2CCNC[C@H]2C)cc1.Cl. The number of ether oxygens (including phenoxy) is 1. The Kier molecular flexibility index (Phi) is 7.35. The van der Waals surface area contributed by atoms with Gasteiger partial charge in [0.2, 0.25) is 0 Å². The molecule has 6 heteroatoms. The van der Waals surface area contributed by atoms with E-state index in [4.69, 9.17) is 4.74 Å². The van der Waals surface area contributed by atoms with Crippen LogP contribution in [0.3, 0.4) is 0 Å². The van der Waals surface area contributed by atoms with E-state index in [2.05, 4.69) is 12.2 Å². The molecule has 118 valence electrons. The lowest BCUT2D eigenvalue weighted by molar-refractivity contribution is -0.140. The summed E-state index contributed by atoms with van der Waals surface area (Å²) in [6.45, 7) is 6.33. The van der Waals surface area contributed by atoms with E-state index >= 15 is 0 Å². The van der Waals surface area contributed by atoms with E-state index in [1.165, 1.54) is 4.90 Å². The largest absolute Gasteiger partial charge is 0.481 e. The van der Waals surface area contributed by atoms with Crippen LogP contribution in [0, 0.1) is 0 Å². The van der Waals surface area contributed by atoms with Crippen LogP contribution in [0.25, 0.3) is 0 Å². The predicted molar refractivity (Wildman–Crippen MR) is 89.6 cm³/mol. The molecule has 0 aliphatic carbocycles. The molecule has 1 aromatic rings. The highest BCUT2D eigenvalue weighted by Crippen LogP contribution is 2.20. The van der Waals surface area contributed by atoms with Crippen molar-refractivity contribution in [2.75, 3.05) is 25.9 Å². The molecule has 2 atom stereocenters. The third kappa shape index (κ3) is 4.80. The zero-order chi connectivity index (χ0) is 14.5. The van der Waals surface area contributed by atoms with Gasteiger partial charge in [0.05, 0.1) is 0 Å². The second-order valence-corrected chi connectivity index (χ2v) is 5.90. The minimum Gasteiger partial charge on any atom is -0.481 e. The third-order valence-corrected chi connectivity index (χ3v) is 4.25. The van der Waals surface area contributed by atoms with Crippen molar-refractivity contribution < 1.29 is 9.53 Å². The number of carbonyl (C=O) groups excluding carboxylic acids is 1. The fourth-order valence-electron chi connectivity index (χ4n) is 2.31. The molecule has 1 heterocycles. The first-order chi connectivity index (χ1) is 9.61. The molecule has 0 spiro atoms. The van der Waals surface area contributed by atoms with Crippen LogP contribution in [0.15, 0.2) is 29.2 Å². The van der Waals surface area contributed by atoms with E-state index in [0.717, 1.165) is 25.4 Å². The van der Waals surface area contributed by atoms with Gasteiger partial charge in [0.15, 0.2) is 6.10 Å². The topological polar surface area (TPSA) is 41.6 Å². The Morgan fingerprint density at radius 1 is 1.43 bits per heavy atom. The monoisotopic (exact) mass is 330 g/mol. The summed E-state index contributed by atoms with van der Waals surface area (Å²) in [4.78, 5) is 15.5. The molecule has 1 saturated heterocycles. The number of halogens is 1. The molecule has 1 aliphatic rings. The summed E-state index contributed by atoms with van der Waals surface area (Å²) < 4.78 is 5.76. The summed E-state index contributed by atoms with van der Waals surface area (Å²) in [6, 6.07) is 8.06. The molecule has 1 unspecified atom stereocenters. The molecule has 21 heavy (non-hydrogen) atoms. The highest BCUT2D eigenvalue weighted by molar-refractivity contribution is 7.98. The number of carbonyl (C=O) groups is 1. The minimum atomic E-state index is -0.448. The number of amides is 1. The predicted octanol–water partition coefficient (Wildman–Crippen LogP) is 2.42. The van der Waals surface area contributed by atoms with E-state index in [9.17, 15) is 4.79 Å². The van der Waals surface area contributed by atoms with Gasteiger partial charge in [-0.25, -0.2) is 0 Å². The minimum absolute atomic E-state index is 0. The summed E-state index contributed by atoms with van der Waals surface area (Å²) in [7, 11) is 0. The maximum atomic E-state index is 12.4. The van der Waals surface area contributed by atoms with Gasteiger partial charge in [-0.15, -0.1) is 24.2 Å². The molecule has 0 aromatic heterocycles. The first kappa shape index (κ1) is 18.1. The molecule has 0 bridgehead atoms. The van der Waals surface area contributed by atoms with Gasteiger partial charge in [-0.05, 0) is 44.4 Å². The Bertz CT molecular complexity index is 455. The maximum absolute atomic E-state index is 12.4. The molecule has 1 aromatic carbocycles. The zero-order valence-electron chi connectivity index (χ0n) is 12.7. The van der Waals surface area contributed by atoms with E-state index < -0.39 is 6.10 Å². The molecular formula is C15H23ClN2O2S. The van der Waals surface area contributed by atoms with Crippen molar-refractivity contribution >= 4 is 30.1 Å². The maximum Gasteiger partial charge on any atom is 0.263 e. The van der Waals surface area contributed by atoms with Crippen molar-refractivity contribution in [2.45, 2.75) is 30.9 Å². The molecule has 0 saturated carbocycles. The Morgan fingerprint density at radius 2 is 2.10 bits per heavy atom. The second-order valence-electron chi connectivity index (χ2n) is 5.02. The van der Waals surface area contributed by atoms with E-state index in [1.807, 2.05) is 42.3 Å². The molecule has 1 aliphatic heterocycles.